The molecule has 0 atom stereocenters. The lowest BCUT2D eigenvalue weighted by Crippen LogP contribution is -2.34. The normalized spacial score (nSPS) is 16.0. The molecule has 5 heteroatoms. The maximum atomic E-state index is 9.67. The standard InChI is InChI=1S/C21H24N4O/c26-21-8-4-5-18(15-21)17-9-12-24(13-10-17)14-11-19-16-25(23-22-19)20-6-2-1-3-7-20/h1-8,15-17,26H,9-14H2. The van der Waals surface area contributed by atoms with Crippen molar-refractivity contribution in [3.05, 3.63) is 72.1 Å². The third kappa shape index (κ3) is 3.94. The maximum Gasteiger partial charge on any atom is 0.115 e. The Kier molecular flexibility index (Phi) is 4.97. The summed E-state index contributed by atoms with van der Waals surface area (Å²) < 4.78 is 1.84. The van der Waals surface area contributed by atoms with Crippen molar-refractivity contribution in [2.75, 3.05) is 19.6 Å². The van der Waals surface area contributed by atoms with E-state index in [0.29, 0.717) is 11.7 Å². The molecule has 134 valence electrons. The highest BCUT2D eigenvalue weighted by Crippen LogP contribution is 2.29. The van der Waals surface area contributed by atoms with Crippen molar-refractivity contribution in [3.63, 3.8) is 0 Å². The average Bonchev–Trinajstić information content (AvgIpc) is 3.17. The fourth-order valence-electron chi connectivity index (χ4n) is 3.66. The third-order valence-electron chi connectivity index (χ3n) is 5.17. The number of phenolic OH excluding ortho intramolecular Hbond substituents is 1. The van der Waals surface area contributed by atoms with Gasteiger partial charge in [-0.3, -0.25) is 0 Å². The van der Waals surface area contributed by atoms with Crippen LogP contribution in [-0.2, 0) is 6.42 Å². The average molecular weight is 348 g/mol. The van der Waals surface area contributed by atoms with Crippen molar-refractivity contribution in [2.24, 2.45) is 0 Å². The van der Waals surface area contributed by atoms with Gasteiger partial charge in [-0.15, -0.1) is 5.10 Å². The van der Waals surface area contributed by atoms with Crippen LogP contribution in [0.25, 0.3) is 5.69 Å². The summed E-state index contributed by atoms with van der Waals surface area (Å²) >= 11 is 0. The van der Waals surface area contributed by atoms with E-state index in [0.717, 1.165) is 50.3 Å². The van der Waals surface area contributed by atoms with E-state index in [9.17, 15) is 5.11 Å². The van der Waals surface area contributed by atoms with Gasteiger partial charge in [0.05, 0.1) is 17.6 Å². The summed E-state index contributed by atoms with van der Waals surface area (Å²) in [5, 5.41) is 18.2. The zero-order chi connectivity index (χ0) is 17.8. The van der Waals surface area contributed by atoms with Gasteiger partial charge in [-0.2, -0.15) is 0 Å². The first-order chi connectivity index (χ1) is 12.8. The molecule has 2 heterocycles. The monoisotopic (exact) mass is 348 g/mol. The molecular formula is C21H24N4O. The Morgan fingerprint density at radius 1 is 1.00 bits per heavy atom. The maximum absolute atomic E-state index is 9.67. The summed E-state index contributed by atoms with van der Waals surface area (Å²) in [7, 11) is 0. The van der Waals surface area contributed by atoms with Crippen molar-refractivity contribution >= 4 is 0 Å². The Bertz CT molecular complexity index is 838. The number of piperidine rings is 1. The van der Waals surface area contributed by atoms with Gasteiger partial charge in [-0.25, -0.2) is 4.68 Å². The summed E-state index contributed by atoms with van der Waals surface area (Å²) in [6.07, 6.45) is 5.22. The molecule has 0 bridgehead atoms. The molecule has 0 aliphatic carbocycles. The third-order valence-corrected chi connectivity index (χ3v) is 5.17. The molecule has 1 saturated heterocycles. The molecule has 0 spiro atoms. The fourth-order valence-corrected chi connectivity index (χ4v) is 3.66. The zero-order valence-electron chi connectivity index (χ0n) is 14.8. The van der Waals surface area contributed by atoms with Crippen LogP contribution in [0, 0.1) is 0 Å². The molecule has 1 aliphatic rings. The van der Waals surface area contributed by atoms with Gasteiger partial charge in [-0.05, 0) is 61.7 Å². The predicted molar refractivity (Wildman–Crippen MR) is 102 cm³/mol. The van der Waals surface area contributed by atoms with Crippen LogP contribution in [0.5, 0.6) is 5.75 Å². The minimum Gasteiger partial charge on any atom is -0.508 e. The number of aromatic hydroxyl groups is 1. The second-order valence-electron chi connectivity index (χ2n) is 6.95. The highest BCUT2D eigenvalue weighted by atomic mass is 16.3. The Hall–Kier alpha value is -2.66. The molecule has 0 amide bonds. The van der Waals surface area contributed by atoms with Gasteiger partial charge in [-0.1, -0.05) is 35.5 Å². The van der Waals surface area contributed by atoms with Gasteiger partial charge < -0.3 is 10.0 Å². The smallest absolute Gasteiger partial charge is 0.115 e. The summed E-state index contributed by atoms with van der Waals surface area (Å²) in [6, 6.07) is 17.8. The Labute approximate surface area is 153 Å². The van der Waals surface area contributed by atoms with Gasteiger partial charge in [0.1, 0.15) is 5.75 Å². The lowest BCUT2D eigenvalue weighted by molar-refractivity contribution is 0.214. The first-order valence-electron chi connectivity index (χ1n) is 9.26. The van der Waals surface area contributed by atoms with Crippen LogP contribution >= 0.6 is 0 Å². The minimum absolute atomic E-state index is 0.367. The van der Waals surface area contributed by atoms with Crippen molar-refractivity contribution in [1.82, 2.24) is 19.9 Å². The summed E-state index contributed by atoms with van der Waals surface area (Å²) in [4.78, 5) is 2.50. The van der Waals surface area contributed by atoms with Crippen LogP contribution in [0.15, 0.2) is 60.8 Å². The molecule has 2 aromatic carbocycles. The summed E-state index contributed by atoms with van der Waals surface area (Å²) in [6.45, 7) is 3.19. The Morgan fingerprint density at radius 3 is 2.58 bits per heavy atom. The minimum atomic E-state index is 0.367. The molecular weight excluding hydrogens is 324 g/mol. The van der Waals surface area contributed by atoms with Gasteiger partial charge in [0.2, 0.25) is 0 Å². The number of aromatic nitrogens is 3. The molecule has 3 aromatic rings. The van der Waals surface area contributed by atoms with E-state index in [-0.39, 0.29) is 0 Å². The van der Waals surface area contributed by atoms with Crippen LogP contribution in [0.4, 0.5) is 0 Å². The second-order valence-corrected chi connectivity index (χ2v) is 6.95. The van der Waals surface area contributed by atoms with E-state index < -0.39 is 0 Å². The predicted octanol–water partition coefficient (Wildman–Crippen LogP) is 3.40. The van der Waals surface area contributed by atoms with E-state index in [1.54, 1.807) is 6.07 Å². The highest BCUT2D eigenvalue weighted by molar-refractivity contribution is 5.30. The van der Waals surface area contributed by atoms with E-state index in [2.05, 4.69) is 21.3 Å². The first-order valence-corrected chi connectivity index (χ1v) is 9.26. The summed E-state index contributed by atoms with van der Waals surface area (Å²) in [5.74, 6) is 0.920. The largest absolute Gasteiger partial charge is 0.508 e. The number of hydrogen-bond donors (Lipinski definition) is 1. The van der Waals surface area contributed by atoms with Gasteiger partial charge in [0.15, 0.2) is 0 Å². The number of nitrogens with zero attached hydrogens (tertiary/aromatic N) is 4. The molecule has 1 fully saturated rings. The van der Waals surface area contributed by atoms with Crippen LogP contribution < -0.4 is 0 Å². The number of phenols is 1. The first kappa shape index (κ1) is 16.8. The highest BCUT2D eigenvalue weighted by Gasteiger charge is 2.20. The van der Waals surface area contributed by atoms with Crippen LogP contribution in [0.1, 0.15) is 30.0 Å². The lowest BCUT2D eigenvalue weighted by atomic mass is 9.89. The molecule has 26 heavy (non-hydrogen) atoms. The molecule has 0 unspecified atom stereocenters. The van der Waals surface area contributed by atoms with Crippen LogP contribution in [0.2, 0.25) is 0 Å². The van der Waals surface area contributed by atoms with Crippen molar-refractivity contribution in [3.8, 4) is 11.4 Å². The lowest BCUT2D eigenvalue weighted by Gasteiger charge is -2.32. The van der Waals surface area contributed by atoms with E-state index in [1.165, 1.54) is 5.56 Å². The van der Waals surface area contributed by atoms with E-state index >= 15 is 0 Å². The quantitative estimate of drug-likeness (QED) is 0.768. The molecule has 4 rings (SSSR count). The zero-order valence-corrected chi connectivity index (χ0v) is 14.8. The summed E-state index contributed by atoms with van der Waals surface area (Å²) in [5.41, 5.74) is 3.33. The molecule has 1 aliphatic heterocycles. The van der Waals surface area contributed by atoms with Gasteiger partial charge in [0, 0.05) is 13.0 Å². The topological polar surface area (TPSA) is 54.2 Å². The Morgan fingerprint density at radius 2 is 1.81 bits per heavy atom. The molecule has 0 saturated carbocycles. The molecule has 5 nitrogen and oxygen atoms in total. The number of para-hydroxylation sites is 1. The fraction of sp³-hybridized carbons (Fsp3) is 0.333. The number of rotatable bonds is 5. The molecule has 1 aromatic heterocycles. The second kappa shape index (κ2) is 7.70. The van der Waals surface area contributed by atoms with Crippen molar-refractivity contribution in [1.29, 1.82) is 0 Å². The van der Waals surface area contributed by atoms with Gasteiger partial charge in [0.25, 0.3) is 0 Å². The number of likely N-dealkylation sites (tertiary alicyclic amines) is 1. The molecule has 0 radical (unpaired) electrons. The van der Waals surface area contributed by atoms with Crippen molar-refractivity contribution in [2.45, 2.75) is 25.2 Å². The molecule has 1 N–H and O–H groups in total. The van der Waals surface area contributed by atoms with Crippen LogP contribution in [0.3, 0.4) is 0 Å². The van der Waals surface area contributed by atoms with Gasteiger partial charge >= 0.3 is 0 Å². The number of hydrogen-bond acceptors (Lipinski definition) is 4. The van der Waals surface area contributed by atoms with Crippen molar-refractivity contribution < 1.29 is 5.11 Å². The number of benzene rings is 2. The van der Waals surface area contributed by atoms with Crippen LogP contribution in [-0.4, -0.2) is 44.6 Å². The van der Waals surface area contributed by atoms with E-state index in [1.807, 2.05) is 53.3 Å². The van der Waals surface area contributed by atoms with E-state index in [4.69, 9.17) is 0 Å². The Balaban J connectivity index is 1.28. The SMILES string of the molecule is Oc1cccc(C2CCN(CCc3cn(-c4ccccc4)nn3)CC2)c1.